The Balaban J connectivity index is 2.00. The summed E-state index contributed by atoms with van der Waals surface area (Å²) >= 11 is 12.1. The van der Waals surface area contributed by atoms with Crippen LogP contribution in [0.15, 0.2) is 36.4 Å². The van der Waals surface area contributed by atoms with E-state index < -0.39 is 17.6 Å². The molecule has 0 atom stereocenters. The fraction of sp³-hybridized carbons (Fsp3) is 0.304. The Labute approximate surface area is 194 Å². The first-order valence-corrected chi connectivity index (χ1v) is 11.1. The first-order chi connectivity index (χ1) is 15.4. The molecule has 0 unspecified atom stereocenters. The highest BCUT2D eigenvalue weighted by atomic mass is 35.5. The Bertz CT molecular complexity index is 1160. The van der Waals surface area contributed by atoms with E-state index in [1.165, 1.54) is 24.3 Å². The van der Waals surface area contributed by atoms with Gasteiger partial charge in [-0.15, -0.1) is 0 Å². The molecule has 0 radical (unpaired) electrons. The zero-order chi connectivity index (χ0) is 22.8. The number of likely N-dealkylation sites (tertiary alicyclic amines) is 1. The molecule has 0 amide bonds. The van der Waals surface area contributed by atoms with Crippen LogP contribution in [0.25, 0.3) is 16.9 Å². The van der Waals surface area contributed by atoms with Crippen molar-refractivity contribution < 1.29 is 18.3 Å². The maximum atomic E-state index is 15.2. The van der Waals surface area contributed by atoms with Crippen LogP contribution >= 0.6 is 23.2 Å². The van der Waals surface area contributed by atoms with Gasteiger partial charge in [-0.1, -0.05) is 29.3 Å². The minimum Gasteiger partial charge on any atom is -0.461 e. The minimum absolute atomic E-state index is 0.00287. The molecule has 0 N–H and O–H groups in total. The lowest BCUT2D eigenvalue weighted by Gasteiger charge is -2.18. The van der Waals surface area contributed by atoms with Gasteiger partial charge in [0.1, 0.15) is 11.6 Å². The average molecular weight is 480 g/mol. The molecular formula is C23H21Cl2F2N3O2. The van der Waals surface area contributed by atoms with Gasteiger partial charge >= 0.3 is 5.97 Å². The molecule has 0 bridgehead atoms. The molecule has 1 aliphatic heterocycles. The highest BCUT2D eigenvalue weighted by Crippen LogP contribution is 2.34. The summed E-state index contributed by atoms with van der Waals surface area (Å²) in [6.07, 6.45) is 2.11. The molecular weight excluding hydrogens is 459 g/mol. The van der Waals surface area contributed by atoms with Crippen LogP contribution in [0.5, 0.6) is 0 Å². The van der Waals surface area contributed by atoms with Gasteiger partial charge in [0, 0.05) is 5.56 Å². The maximum absolute atomic E-state index is 15.2. The second-order valence-corrected chi connectivity index (χ2v) is 8.28. The largest absolute Gasteiger partial charge is 0.461 e. The number of carbonyl (C=O) groups is 1. The van der Waals surface area contributed by atoms with E-state index in [9.17, 15) is 9.18 Å². The van der Waals surface area contributed by atoms with Crippen molar-refractivity contribution in [3.63, 3.8) is 0 Å². The fourth-order valence-electron chi connectivity index (χ4n) is 3.89. The van der Waals surface area contributed by atoms with E-state index in [0.29, 0.717) is 17.9 Å². The molecule has 5 nitrogen and oxygen atoms in total. The number of halogens is 4. The Morgan fingerprint density at radius 3 is 2.56 bits per heavy atom. The van der Waals surface area contributed by atoms with E-state index >= 15 is 4.39 Å². The summed E-state index contributed by atoms with van der Waals surface area (Å²) in [6, 6.07) is 8.66. The van der Waals surface area contributed by atoms with Crippen LogP contribution in [0, 0.1) is 11.6 Å². The molecule has 1 aromatic heterocycles. The third-order valence-corrected chi connectivity index (χ3v) is 5.93. The smallest absolute Gasteiger partial charge is 0.359 e. The lowest BCUT2D eigenvalue weighted by Crippen LogP contribution is -2.21. The quantitative estimate of drug-likeness (QED) is 0.413. The van der Waals surface area contributed by atoms with Crippen molar-refractivity contribution in [3.8, 4) is 16.9 Å². The number of rotatable bonds is 6. The Morgan fingerprint density at radius 1 is 1.12 bits per heavy atom. The highest BCUT2D eigenvalue weighted by Gasteiger charge is 2.29. The Hall–Kier alpha value is -2.48. The van der Waals surface area contributed by atoms with E-state index in [4.69, 9.17) is 27.9 Å². The molecule has 2 heterocycles. The van der Waals surface area contributed by atoms with Crippen molar-refractivity contribution in [1.82, 2.24) is 14.5 Å². The molecule has 32 heavy (non-hydrogen) atoms. The van der Waals surface area contributed by atoms with Crippen molar-refractivity contribution >= 4 is 29.2 Å². The number of esters is 1. The van der Waals surface area contributed by atoms with Crippen molar-refractivity contribution in [3.05, 3.63) is 69.6 Å². The first-order valence-electron chi connectivity index (χ1n) is 10.3. The predicted octanol–water partition coefficient (Wildman–Crippen LogP) is 5.90. The van der Waals surface area contributed by atoms with Gasteiger partial charge in [0.15, 0.2) is 11.5 Å². The van der Waals surface area contributed by atoms with E-state index in [-0.39, 0.29) is 33.7 Å². The lowest BCUT2D eigenvalue weighted by atomic mass is 10.1. The monoisotopic (exact) mass is 479 g/mol. The predicted molar refractivity (Wildman–Crippen MR) is 119 cm³/mol. The average Bonchev–Trinajstić information content (AvgIpc) is 3.41. The lowest BCUT2D eigenvalue weighted by molar-refractivity contribution is 0.0520. The SMILES string of the molecule is CCOC(=O)c1nc(CN2CCCC2)n(-c2cccc(Cl)c2F)c1-c1ccc(F)c(Cl)c1. The number of aromatic nitrogens is 2. The van der Waals surface area contributed by atoms with Gasteiger partial charge in [0.2, 0.25) is 0 Å². The molecule has 1 fully saturated rings. The topological polar surface area (TPSA) is 47.4 Å². The number of nitrogens with zero attached hydrogens (tertiary/aromatic N) is 3. The zero-order valence-corrected chi connectivity index (χ0v) is 18.9. The highest BCUT2D eigenvalue weighted by molar-refractivity contribution is 6.31. The van der Waals surface area contributed by atoms with Gasteiger partial charge < -0.3 is 4.74 Å². The maximum Gasteiger partial charge on any atom is 0.359 e. The Morgan fingerprint density at radius 2 is 1.88 bits per heavy atom. The summed E-state index contributed by atoms with van der Waals surface area (Å²) in [5.74, 6) is -1.47. The molecule has 0 aliphatic carbocycles. The van der Waals surface area contributed by atoms with Gasteiger partial charge in [0.25, 0.3) is 0 Å². The molecule has 1 saturated heterocycles. The van der Waals surface area contributed by atoms with Crippen LogP contribution in [0.4, 0.5) is 8.78 Å². The van der Waals surface area contributed by atoms with Gasteiger partial charge in [0.05, 0.1) is 34.6 Å². The third-order valence-electron chi connectivity index (χ3n) is 5.34. The van der Waals surface area contributed by atoms with Crippen LogP contribution in [0.1, 0.15) is 36.1 Å². The van der Waals surface area contributed by atoms with Gasteiger partial charge in [-0.3, -0.25) is 9.47 Å². The second-order valence-electron chi connectivity index (χ2n) is 7.47. The normalized spacial score (nSPS) is 14.2. The molecule has 3 aromatic rings. The fourth-order valence-corrected chi connectivity index (χ4v) is 4.24. The standard InChI is InChI=1S/C23H21Cl2F2N3O2/c1-2-32-23(31)21-22(14-8-9-17(26)16(25)12-14)30(18-7-5-6-15(24)20(18)27)19(28-21)13-29-10-3-4-11-29/h5-9,12H,2-4,10-11,13H2,1H3. The van der Waals surface area contributed by atoms with Gasteiger partial charge in [-0.25, -0.2) is 18.6 Å². The summed E-state index contributed by atoms with van der Waals surface area (Å²) in [6.45, 7) is 3.97. The summed E-state index contributed by atoms with van der Waals surface area (Å²) in [4.78, 5) is 19.6. The molecule has 0 saturated carbocycles. The number of ether oxygens (including phenoxy) is 1. The van der Waals surface area contributed by atoms with Gasteiger partial charge in [-0.05, 0) is 63.2 Å². The number of benzene rings is 2. The van der Waals surface area contributed by atoms with Crippen LogP contribution < -0.4 is 0 Å². The summed E-state index contributed by atoms with van der Waals surface area (Å²) in [7, 11) is 0. The molecule has 4 rings (SSSR count). The molecule has 168 valence electrons. The number of hydrogen-bond donors (Lipinski definition) is 0. The number of hydrogen-bond acceptors (Lipinski definition) is 4. The van der Waals surface area contributed by atoms with Crippen molar-refractivity contribution in [1.29, 1.82) is 0 Å². The van der Waals surface area contributed by atoms with Crippen LogP contribution in [-0.4, -0.2) is 40.1 Å². The van der Waals surface area contributed by atoms with E-state index in [1.807, 2.05) is 0 Å². The summed E-state index contributed by atoms with van der Waals surface area (Å²) in [5.41, 5.74) is 0.799. The molecule has 1 aliphatic rings. The third kappa shape index (κ3) is 4.37. The van der Waals surface area contributed by atoms with E-state index in [1.54, 1.807) is 23.6 Å². The summed E-state index contributed by atoms with van der Waals surface area (Å²) in [5, 5.41) is -0.193. The molecule has 0 spiro atoms. The van der Waals surface area contributed by atoms with Gasteiger partial charge in [-0.2, -0.15) is 0 Å². The van der Waals surface area contributed by atoms with Crippen LogP contribution in [0.2, 0.25) is 10.0 Å². The second kappa shape index (κ2) is 9.57. The Kier molecular flexibility index (Phi) is 6.79. The van der Waals surface area contributed by atoms with Crippen molar-refractivity contribution in [2.45, 2.75) is 26.3 Å². The minimum atomic E-state index is -0.660. The zero-order valence-electron chi connectivity index (χ0n) is 17.4. The van der Waals surface area contributed by atoms with Crippen LogP contribution in [-0.2, 0) is 11.3 Å². The van der Waals surface area contributed by atoms with Crippen molar-refractivity contribution in [2.24, 2.45) is 0 Å². The summed E-state index contributed by atoms with van der Waals surface area (Å²) < 4.78 is 35.8. The van der Waals surface area contributed by atoms with Crippen LogP contribution in [0.3, 0.4) is 0 Å². The molecule has 2 aromatic carbocycles. The molecule has 9 heteroatoms. The number of carbonyl (C=O) groups excluding carboxylic acids is 1. The first kappa shape index (κ1) is 22.7. The number of imidazole rings is 1. The van der Waals surface area contributed by atoms with E-state index in [0.717, 1.165) is 25.9 Å². The van der Waals surface area contributed by atoms with Crippen molar-refractivity contribution in [2.75, 3.05) is 19.7 Å². The van der Waals surface area contributed by atoms with E-state index in [2.05, 4.69) is 9.88 Å².